The molecule has 0 fully saturated rings. The smallest absolute Gasteiger partial charge is 0.262 e. The number of carbonyl (C=O) groups excluding carboxylic acids is 2. The lowest BCUT2D eigenvalue weighted by atomic mass is 10.0. The zero-order valence-electron chi connectivity index (χ0n) is 19.5. The highest BCUT2D eigenvalue weighted by Gasteiger charge is 2.36. The fourth-order valence-electron chi connectivity index (χ4n) is 3.89. The van der Waals surface area contributed by atoms with Gasteiger partial charge in [0.2, 0.25) is 0 Å². The molecule has 9 heteroatoms. The maximum Gasteiger partial charge on any atom is 0.262 e. The Labute approximate surface area is 202 Å². The maximum atomic E-state index is 13.7. The van der Waals surface area contributed by atoms with Gasteiger partial charge in [0, 0.05) is 25.6 Å². The van der Waals surface area contributed by atoms with Crippen molar-refractivity contribution >= 4 is 17.5 Å². The summed E-state index contributed by atoms with van der Waals surface area (Å²) in [4.78, 5) is 27.9. The Morgan fingerprint density at radius 1 is 1.14 bits per heavy atom. The number of carbonyl (C=O) groups is 2. The summed E-state index contributed by atoms with van der Waals surface area (Å²) in [5.74, 6) is -0.0863. The molecule has 182 valence electrons. The first-order chi connectivity index (χ1) is 17.0. The number of nitrogens with zero attached hydrogens (tertiary/aromatic N) is 3. The van der Waals surface area contributed by atoms with E-state index in [9.17, 15) is 14.0 Å². The highest BCUT2D eigenvalue weighted by Crippen LogP contribution is 2.33. The third-order valence-electron chi connectivity index (χ3n) is 5.71. The standard InChI is InChI=1S/C26H26FN3O5/c1-33-14-12-29(26(32)19-5-3-6-20(27)15-19)17-25(31)30-23(24-7-4-13-35-24)16-22(28-30)18-8-10-21(34-2)11-9-18/h3-11,13,15,23H,12,14,16-17H2,1-2H3/t23-/m0/s1. The third-order valence-corrected chi connectivity index (χ3v) is 5.71. The molecule has 1 aromatic heterocycles. The monoisotopic (exact) mass is 479 g/mol. The fourth-order valence-corrected chi connectivity index (χ4v) is 3.89. The van der Waals surface area contributed by atoms with E-state index in [2.05, 4.69) is 5.10 Å². The number of hydrogen-bond donors (Lipinski definition) is 0. The first-order valence-corrected chi connectivity index (χ1v) is 11.1. The Balaban J connectivity index is 1.59. The molecule has 1 aliphatic rings. The Morgan fingerprint density at radius 2 is 1.94 bits per heavy atom. The Kier molecular flexibility index (Phi) is 7.57. The van der Waals surface area contributed by atoms with E-state index in [0.29, 0.717) is 23.6 Å². The van der Waals surface area contributed by atoms with Gasteiger partial charge in [0.1, 0.15) is 29.9 Å². The summed E-state index contributed by atoms with van der Waals surface area (Å²) >= 11 is 0. The molecule has 3 aromatic rings. The molecule has 2 aromatic carbocycles. The van der Waals surface area contributed by atoms with Crippen LogP contribution in [-0.2, 0) is 9.53 Å². The molecule has 0 radical (unpaired) electrons. The van der Waals surface area contributed by atoms with E-state index in [1.807, 2.05) is 24.3 Å². The highest BCUT2D eigenvalue weighted by atomic mass is 19.1. The van der Waals surface area contributed by atoms with Crippen molar-refractivity contribution in [3.63, 3.8) is 0 Å². The van der Waals surface area contributed by atoms with E-state index >= 15 is 0 Å². The van der Waals surface area contributed by atoms with Gasteiger partial charge in [0.05, 0.1) is 25.7 Å². The van der Waals surface area contributed by atoms with E-state index < -0.39 is 23.7 Å². The van der Waals surface area contributed by atoms with Gasteiger partial charge in [-0.3, -0.25) is 9.59 Å². The van der Waals surface area contributed by atoms with Crippen molar-refractivity contribution in [2.45, 2.75) is 12.5 Å². The van der Waals surface area contributed by atoms with E-state index in [1.54, 1.807) is 25.5 Å². The van der Waals surface area contributed by atoms with Crippen molar-refractivity contribution in [1.29, 1.82) is 0 Å². The number of benzene rings is 2. The molecule has 0 bridgehead atoms. The van der Waals surface area contributed by atoms with E-state index in [0.717, 1.165) is 11.6 Å². The summed E-state index contributed by atoms with van der Waals surface area (Å²) < 4.78 is 29.6. The molecule has 2 heterocycles. The number of halogens is 1. The molecule has 1 atom stereocenters. The summed E-state index contributed by atoms with van der Waals surface area (Å²) in [6.07, 6.45) is 1.99. The van der Waals surface area contributed by atoms with Crippen molar-refractivity contribution in [2.24, 2.45) is 5.10 Å². The van der Waals surface area contributed by atoms with Crippen molar-refractivity contribution in [3.05, 3.63) is 89.6 Å². The highest BCUT2D eigenvalue weighted by molar-refractivity contribution is 6.03. The number of methoxy groups -OCH3 is 2. The lowest BCUT2D eigenvalue weighted by Crippen LogP contribution is -2.42. The zero-order valence-corrected chi connectivity index (χ0v) is 19.5. The average molecular weight is 480 g/mol. The van der Waals surface area contributed by atoms with E-state index in [-0.39, 0.29) is 25.3 Å². The third kappa shape index (κ3) is 5.58. The van der Waals surface area contributed by atoms with Crippen LogP contribution in [-0.4, -0.2) is 61.4 Å². The SMILES string of the molecule is COCCN(CC(=O)N1N=C(c2ccc(OC)cc2)C[C@H]1c1ccco1)C(=O)c1cccc(F)c1. The Hall–Kier alpha value is -3.98. The second-order valence-electron chi connectivity index (χ2n) is 7.98. The van der Waals surface area contributed by atoms with Crippen molar-refractivity contribution < 1.29 is 27.9 Å². The van der Waals surface area contributed by atoms with Crippen LogP contribution in [0.3, 0.4) is 0 Å². The van der Waals surface area contributed by atoms with Crippen LogP contribution in [0.4, 0.5) is 4.39 Å². The molecule has 0 N–H and O–H groups in total. The molecular weight excluding hydrogens is 453 g/mol. The lowest BCUT2D eigenvalue weighted by molar-refractivity contribution is -0.134. The lowest BCUT2D eigenvalue weighted by Gasteiger charge is -2.26. The summed E-state index contributed by atoms with van der Waals surface area (Å²) in [6, 6.07) is 15.9. The number of rotatable bonds is 9. The van der Waals surface area contributed by atoms with Crippen molar-refractivity contribution in [3.8, 4) is 5.75 Å². The summed E-state index contributed by atoms with van der Waals surface area (Å²) in [6.45, 7) is 0.123. The molecule has 35 heavy (non-hydrogen) atoms. The van der Waals surface area contributed by atoms with Gasteiger partial charge in [-0.15, -0.1) is 0 Å². The van der Waals surface area contributed by atoms with Gasteiger partial charge < -0.3 is 18.8 Å². The average Bonchev–Trinajstić information content (AvgIpc) is 3.56. The topological polar surface area (TPSA) is 84.6 Å². The van der Waals surface area contributed by atoms with Crippen LogP contribution < -0.4 is 4.74 Å². The van der Waals surface area contributed by atoms with Crippen LogP contribution in [0.5, 0.6) is 5.75 Å². The summed E-state index contributed by atoms with van der Waals surface area (Å²) in [5, 5.41) is 5.96. The van der Waals surface area contributed by atoms with Crippen LogP contribution in [0.2, 0.25) is 0 Å². The number of hydrazone groups is 1. The molecule has 1 aliphatic heterocycles. The largest absolute Gasteiger partial charge is 0.497 e. The second-order valence-corrected chi connectivity index (χ2v) is 7.98. The molecule has 0 unspecified atom stereocenters. The van der Waals surface area contributed by atoms with Crippen LogP contribution in [0.25, 0.3) is 0 Å². The van der Waals surface area contributed by atoms with E-state index in [4.69, 9.17) is 13.9 Å². The number of furan rings is 1. The van der Waals surface area contributed by atoms with Gasteiger partial charge in [-0.25, -0.2) is 9.40 Å². The van der Waals surface area contributed by atoms with Gasteiger partial charge in [-0.05, 0) is 60.2 Å². The molecule has 0 spiro atoms. The fraction of sp³-hybridized carbons (Fsp3) is 0.269. The van der Waals surface area contributed by atoms with Crippen LogP contribution >= 0.6 is 0 Å². The van der Waals surface area contributed by atoms with Crippen molar-refractivity contribution in [1.82, 2.24) is 9.91 Å². The second kappa shape index (κ2) is 11.0. The quantitative estimate of drug-likeness (QED) is 0.465. The summed E-state index contributed by atoms with van der Waals surface area (Å²) in [7, 11) is 3.10. The molecule has 4 rings (SSSR count). The first-order valence-electron chi connectivity index (χ1n) is 11.1. The number of ether oxygens (including phenoxy) is 2. The van der Waals surface area contributed by atoms with Gasteiger partial charge in [0.25, 0.3) is 11.8 Å². The minimum atomic E-state index is -0.528. The van der Waals surface area contributed by atoms with Gasteiger partial charge in [-0.1, -0.05) is 6.07 Å². The molecule has 0 aliphatic carbocycles. The van der Waals surface area contributed by atoms with Gasteiger partial charge in [-0.2, -0.15) is 5.10 Å². The summed E-state index contributed by atoms with van der Waals surface area (Å²) in [5.41, 5.74) is 1.72. The number of amides is 2. The van der Waals surface area contributed by atoms with Gasteiger partial charge in [0.15, 0.2) is 0 Å². The van der Waals surface area contributed by atoms with E-state index in [1.165, 1.54) is 35.2 Å². The first kappa shape index (κ1) is 24.2. The Morgan fingerprint density at radius 3 is 2.60 bits per heavy atom. The molecule has 2 amide bonds. The van der Waals surface area contributed by atoms with Gasteiger partial charge >= 0.3 is 0 Å². The normalized spacial score (nSPS) is 15.1. The predicted molar refractivity (Wildman–Crippen MR) is 127 cm³/mol. The zero-order chi connectivity index (χ0) is 24.8. The van der Waals surface area contributed by atoms with Crippen LogP contribution in [0.1, 0.15) is 34.1 Å². The Bertz CT molecular complexity index is 1190. The van der Waals surface area contributed by atoms with Crippen molar-refractivity contribution in [2.75, 3.05) is 33.9 Å². The maximum absolute atomic E-state index is 13.7. The predicted octanol–water partition coefficient (Wildman–Crippen LogP) is 3.89. The molecular formula is C26H26FN3O5. The van der Waals surface area contributed by atoms with Crippen LogP contribution in [0, 0.1) is 5.82 Å². The molecule has 8 nitrogen and oxygen atoms in total. The minimum Gasteiger partial charge on any atom is -0.497 e. The molecule has 0 saturated carbocycles. The molecule has 0 saturated heterocycles. The van der Waals surface area contributed by atoms with Crippen LogP contribution in [0.15, 0.2) is 76.4 Å². The minimum absolute atomic E-state index is 0.153. The number of hydrogen-bond acceptors (Lipinski definition) is 6.